The average molecular weight is 350 g/mol. The lowest BCUT2D eigenvalue weighted by atomic mass is 10.2. The maximum absolute atomic E-state index is 12.3. The number of nitriles is 1. The summed E-state index contributed by atoms with van der Waals surface area (Å²) in [4.78, 5) is 25.6. The molecule has 0 saturated carbocycles. The summed E-state index contributed by atoms with van der Waals surface area (Å²) in [5, 5.41) is 14.6. The number of carbonyl (C=O) groups is 2. The lowest BCUT2D eigenvalue weighted by Gasteiger charge is -2.17. The Kier molecular flexibility index (Phi) is 5.04. The number of nitrogens with one attached hydrogen (secondary N) is 2. The minimum absolute atomic E-state index is 0.125. The average Bonchev–Trinajstić information content (AvgIpc) is 3.08. The van der Waals surface area contributed by atoms with Gasteiger partial charge in [0.2, 0.25) is 0 Å². The number of rotatable bonds is 5. The number of anilines is 2. The molecule has 1 atom stereocenters. The second kappa shape index (κ2) is 7.57. The molecule has 0 spiro atoms. The normalized spacial score (nSPS) is 14.3. The molecule has 0 radical (unpaired) electrons. The van der Waals surface area contributed by atoms with Crippen LogP contribution in [0.2, 0.25) is 0 Å². The first-order valence-corrected chi connectivity index (χ1v) is 8.20. The van der Waals surface area contributed by atoms with E-state index in [0.717, 1.165) is 5.69 Å². The predicted octanol–water partition coefficient (Wildman–Crippen LogP) is 2.49. The molecule has 1 heterocycles. The van der Waals surface area contributed by atoms with E-state index in [4.69, 9.17) is 10.00 Å². The SMILES string of the molecule is CC(Oc1ccccc1C#N)C(=O)Nc1ccc(N2CCNC2=O)cc1. The molecule has 26 heavy (non-hydrogen) atoms. The summed E-state index contributed by atoms with van der Waals surface area (Å²) >= 11 is 0. The van der Waals surface area contributed by atoms with E-state index in [0.29, 0.717) is 30.1 Å². The highest BCUT2D eigenvalue weighted by atomic mass is 16.5. The number of para-hydroxylation sites is 1. The van der Waals surface area contributed by atoms with Crippen molar-refractivity contribution in [2.24, 2.45) is 0 Å². The minimum Gasteiger partial charge on any atom is -0.480 e. The van der Waals surface area contributed by atoms with E-state index >= 15 is 0 Å². The Hall–Kier alpha value is -3.53. The van der Waals surface area contributed by atoms with Crippen molar-refractivity contribution in [2.75, 3.05) is 23.3 Å². The molecule has 2 N–H and O–H groups in total. The Bertz CT molecular complexity index is 858. The first kappa shape index (κ1) is 17.3. The Morgan fingerprint density at radius 3 is 2.65 bits per heavy atom. The second-order valence-corrected chi connectivity index (χ2v) is 5.79. The van der Waals surface area contributed by atoms with E-state index in [2.05, 4.69) is 10.6 Å². The standard InChI is InChI=1S/C19H18N4O3/c1-13(26-17-5-3-2-4-14(17)12-20)18(24)22-15-6-8-16(9-7-15)23-11-10-21-19(23)25/h2-9,13H,10-11H2,1H3,(H,21,25)(H,22,24). The first-order chi connectivity index (χ1) is 12.6. The molecular weight excluding hydrogens is 332 g/mol. The van der Waals surface area contributed by atoms with Crippen LogP contribution in [-0.2, 0) is 4.79 Å². The Balaban J connectivity index is 1.62. The molecule has 0 aliphatic carbocycles. The molecule has 2 aromatic rings. The van der Waals surface area contributed by atoms with Crippen molar-refractivity contribution in [3.05, 3.63) is 54.1 Å². The van der Waals surface area contributed by atoms with Crippen molar-refractivity contribution in [1.82, 2.24) is 5.32 Å². The summed E-state index contributed by atoms with van der Waals surface area (Å²) in [5.74, 6) is 0.0393. The molecule has 0 aromatic heterocycles. The lowest BCUT2D eigenvalue weighted by molar-refractivity contribution is -0.122. The lowest BCUT2D eigenvalue weighted by Crippen LogP contribution is -2.30. The van der Waals surface area contributed by atoms with Gasteiger partial charge < -0.3 is 15.4 Å². The number of ether oxygens (including phenoxy) is 1. The van der Waals surface area contributed by atoms with Crippen molar-refractivity contribution in [1.29, 1.82) is 5.26 Å². The van der Waals surface area contributed by atoms with Crippen molar-refractivity contribution in [3.63, 3.8) is 0 Å². The van der Waals surface area contributed by atoms with Gasteiger partial charge in [-0.25, -0.2) is 4.79 Å². The fraction of sp³-hybridized carbons (Fsp3) is 0.211. The molecule has 7 heteroatoms. The van der Waals surface area contributed by atoms with Gasteiger partial charge in [-0.2, -0.15) is 5.26 Å². The Morgan fingerprint density at radius 1 is 1.27 bits per heavy atom. The van der Waals surface area contributed by atoms with Crippen LogP contribution in [0.15, 0.2) is 48.5 Å². The summed E-state index contributed by atoms with van der Waals surface area (Å²) in [7, 11) is 0. The molecule has 2 aromatic carbocycles. The van der Waals surface area contributed by atoms with Crippen LogP contribution >= 0.6 is 0 Å². The maximum Gasteiger partial charge on any atom is 0.321 e. The zero-order chi connectivity index (χ0) is 18.5. The molecule has 1 fully saturated rings. The fourth-order valence-corrected chi connectivity index (χ4v) is 2.59. The molecule has 1 aliphatic rings. The molecule has 7 nitrogen and oxygen atoms in total. The third-order valence-electron chi connectivity index (χ3n) is 3.98. The topological polar surface area (TPSA) is 94.5 Å². The van der Waals surface area contributed by atoms with E-state index in [1.165, 1.54) is 0 Å². The molecule has 1 saturated heterocycles. The van der Waals surface area contributed by atoms with Gasteiger partial charge in [0, 0.05) is 24.5 Å². The Morgan fingerprint density at radius 2 is 2.00 bits per heavy atom. The molecule has 3 rings (SSSR count). The van der Waals surface area contributed by atoms with Gasteiger partial charge in [-0.3, -0.25) is 9.69 Å². The van der Waals surface area contributed by atoms with Crippen LogP contribution in [0, 0.1) is 11.3 Å². The molecule has 1 aliphatic heterocycles. The summed E-state index contributed by atoms with van der Waals surface area (Å²) in [6.45, 7) is 2.86. The maximum atomic E-state index is 12.3. The smallest absolute Gasteiger partial charge is 0.321 e. The second-order valence-electron chi connectivity index (χ2n) is 5.79. The molecular formula is C19H18N4O3. The van der Waals surface area contributed by atoms with Crippen LogP contribution in [0.1, 0.15) is 12.5 Å². The number of amides is 3. The van der Waals surface area contributed by atoms with E-state index < -0.39 is 6.10 Å². The molecule has 1 unspecified atom stereocenters. The van der Waals surface area contributed by atoms with Crippen molar-refractivity contribution < 1.29 is 14.3 Å². The summed E-state index contributed by atoms with van der Waals surface area (Å²) in [6, 6.07) is 15.7. The third kappa shape index (κ3) is 3.75. The van der Waals surface area contributed by atoms with Crippen LogP contribution in [0.4, 0.5) is 16.2 Å². The molecule has 3 amide bonds. The van der Waals surface area contributed by atoms with Gasteiger partial charge in [0.05, 0.1) is 5.56 Å². The van der Waals surface area contributed by atoms with Gasteiger partial charge in [0.1, 0.15) is 11.8 Å². The number of hydrogen-bond donors (Lipinski definition) is 2. The first-order valence-electron chi connectivity index (χ1n) is 8.20. The van der Waals surface area contributed by atoms with Gasteiger partial charge >= 0.3 is 6.03 Å². The third-order valence-corrected chi connectivity index (χ3v) is 3.98. The van der Waals surface area contributed by atoms with Gasteiger partial charge in [-0.1, -0.05) is 12.1 Å². The Labute approximate surface area is 151 Å². The van der Waals surface area contributed by atoms with Crippen LogP contribution < -0.4 is 20.3 Å². The fourth-order valence-electron chi connectivity index (χ4n) is 2.59. The highest BCUT2D eigenvalue weighted by molar-refractivity contribution is 5.96. The van der Waals surface area contributed by atoms with Gasteiger partial charge in [-0.05, 0) is 43.3 Å². The van der Waals surface area contributed by atoms with E-state index in [9.17, 15) is 9.59 Å². The van der Waals surface area contributed by atoms with Crippen molar-refractivity contribution in [3.8, 4) is 11.8 Å². The van der Waals surface area contributed by atoms with Gasteiger partial charge in [0.15, 0.2) is 6.10 Å². The van der Waals surface area contributed by atoms with Crippen molar-refractivity contribution >= 4 is 23.3 Å². The minimum atomic E-state index is -0.770. The number of hydrogen-bond acceptors (Lipinski definition) is 4. The zero-order valence-corrected chi connectivity index (χ0v) is 14.2. The van der Waals surface area contributed by atoms with Crippen LogP contribution in [0.3, 0.4) is 0 Å². The zero-order valence-electron chi connectivity index (χ0n) is 14.2. The number of carbonyl (C=O) groups excluding carboxylic acids is 2. The summed E-state index contributed by atoms with van der Waals surface area (Å²) < 4.78 is 5.59. The van der Waals surface area contributed by atoms with E-state index in [1.54, 1.807) is 60.4 Å². The van der Waals surface area contributed by atoms with Crippen LogP contribution in [-0.4, -0.2) is 31.1 Å². The largest absolute Gasteiger partial charge is 0.480 e. The number of nitrogens with zero attached hydrogens (tertiary/aromatic N) is 2. The highest BCUT2D eigenvalue weighted by Gasteiger charge is 2.21. The monoisotopic (exact) mass is 350 g/mol. The molecule has 0 bridgehead atoms. The molecule has 132 valence electrons. The summed E-state index contributed by atoms with van der Waals surface area (Å²) in [6.07, 6.45) is -0.770. The van der Waals surface area contributed by atoms with E-state index in [1.807, 2.05) is 6.07 Å². The van der Waals surface area contributed by atoms with Gasteiger partial charge in [-0.15, -0.1) is 0 Å². The van der Waals surface area contributed by atoms with Crippen molar-refractivity contribution in [2.45, 2.75) is 13.0 Å². The number of benzene rings is 2. The summed E-state index contributed by atoms with van der Waals surface area (Å²) in [5.41, 5.74) is 1.74. The highest BCUT2D eigenvalue weighted by Crippen LogP contribution is 2.21. The van der Waals surface area contributed by atoms with E-state index in [-0.39, 0.29) is 11.9 Å². The van der Waals surface area contributed by atoms with Gasteiger partial charge in [0.25, 0.3) is 5.91 Å². The number of urea groups is 1. The predicted molar refractivity (Wildman–Crippen MR) is 97.1 cm³/mol. The quantitative estimate of drug-likeness (QED) is 0.866. The van der Waals surface area contributed by atoms with Crippen LogP contribution in [0.5, 0.6) is 5.75 Å². The van der Waals surface area contributed by atoms with Crippen LogP contribution in [0.25, 0.3) is 0 Å².